The molecule has 2 aromatic carbocycles. The number of hydrogen-bond acceptors (Lipinski definition) is 6. The van der Waals surface area contributed by atoms with Crippen LogP contribution in [0.1, 0.15) is 43.5 Å². The normalized spacial score (nSPS) is 11.9. The SMILES string of the molecule is Cc1cc(C(C(=O)NCc2ccccc2)N(CCO)C(=O)CNC(=O)OC(C)(C)C)ccc1O. The summed E-state index contributed by atoms with van der Waals surface area (Å²) in [5, 5.41) is 24.8. The van der Waals surface area contributed by atoms with Gasteiger partial charge in [-0.1, -0.05) is 36.4 Å². The third kappa shape index (κ3) is 8.08. The number of aryl methyl sites for hydroxylation is 1. The molecule has 0 saturated carbocycles. The van der Waals surface area contributed by atoms with Crippen LogP contribution in [0, 0.1) is 6.92 Å². The Bertz CT molecular complexity index is 988. The van der Waals surface area contributed by atoms with Crippen molar-refractivity contribution in [2.45, 2.75) is 45.9 Å². The molecule has 0 aliphatic rings. The lowest BCUT2D eigenvalue weighted by Gasteiger charge is -2.31. The van der Waals surface area contributed by atoms with Gasteiger partial charge in [0.15, 0.2) is 0 Å². The minimum Gasteiger partial charge on any atom is -0.508 e. The summed E-state index contributed by atoms with van der Waals surface area (Å²) in [7, 11) is 0. The Hall–Kier alpha value is -3.59. The number of alkyl carbamates (subject to hydrolysis) is 1. The van der Waals surface area contributed by atoms with E-state index < -0.39 is 42.7 Å². The molecule has 9 heteroatoms. The van der Waals surface area contributed by atoms with Crippen molar-refractivity contribution in [3.05, 3.63) is 65.2 Å². The van der Waals surface area contributed by atoms with Gasteiger partial charge in [0.25, 0.3) is 0 Å². The molecule has 0 saturated heterocycles. The zero-order chi connectivity index (χ0) is 25.3. The molecule has 0 spiro atoms. The molecule has 1 atom stereocenters. The van der Waals surface area contributed by atoms with Gasteiger partial charge in [0.1, 0.15) is 23.9 Å². The number of benzene rings is 2. The maximum Gasteiger partial charge on any atom is 0.408 e. The van der Waals surface area contributed by atoms with E-state index in [0.717, 1.165) is 5.56 Å². The number of ether oxygens (including phenoxy) is 1. The van der Waals surface area contributed by atoms with E-state index >= 15 is 0 Å². The average Bonchev–Trinajstić information content (AvgIpc) is 2.77. The van der Waals surface area contributed by atoms with E-state index in [-0.39, 0.29) is 18.8 Å². The number of nitrogens with zero attached hydrogens (tertiary/aromatic N) is 1. The molecule has 0 radical (unpaired) electrons. The van der Waals surface area contributed by atoms with Crippen molar-refractivity contribution in [3.63, 3.8) is 0 Å². The number of aromatic hydroxyl groups is 1. The third-order valence-corrected chi connectivity index (χ3v) is 4.85. The second-order valence-electron chi connectivity index (χ2n) is 8.82. The standard InChI is InChI=1S/C25H33N3O6/c1-17-14-19(10-11-20(17)30)22(23(32)26-15-18-8-6-5-7-9-18)28(12-13-29)21(31)16-27-24(33)34-25(2,3)4/h5-11,14,22,29-30H,12-13,15-16H2,1-4H3,(H,26,32)(H,27,33). The second kappa shape index (κ2) is 12.0. The summed E-state index contributed by atoms with van der Waals surface area (Å²) in [6, 6.07) is 12.8. The molecule has 3 amide bonds. The van der Waals surface area contributed by atoms with Crippen LogP contribution in [0.2, 0.25) is 0 Å². The van der Waals surface area contributed by atoms with E-state index in [0.29, 0.717) is 11.1 Å². The first-order chi connectivity index (χ1) is 16.0. The van der Waals surface area contributed by atoms with E-state index in [1.807, 2.05) is 30.3 Å². The van der Waals surface area contributed by atoms with E-state index in [9.17, 15) is 24.6 Å². The van der Waals surface area contributed by atoms with E-state index in [4.69, 9.17) is 4.74 Å². The van der Waals surface area contributed by atoms with Gasteiger partial charge in [-0.2, -0.15) is 0 Å². The van der Waals surface area contributed by atoms with E-state index in [1.54, 1.807) is 39.8 Å². The monoisotopic (exact) mass is 471 g/mol. The molecule has 184 valence electrons. The molecule has 1 unspecified atom stereocenters. The van der Waals surface area contributed by atoms with Gasteiger partial charge in [0, 0.05) is 13.1 Å². The van der Waals surface area contributed by atoms with Crippen LogP contribution in [0.3, 0.4) is 0 Å². The highest BCUT2D eigenvalue weighted by molar-refractivity contribution is 5.90. The minimum absolute atomic E-state index is 0.0545. The first-order valence-electron chi connectivity index (χ1n) is 11.0. The molecular weight excluding hydrogens is 438 g/mol. The molecule has 9 nitrogen and oxygen atoms in total. The van der Waals surface area contributed by atoms with Gasteiger partial charge in [-0.25, -0.2) is 4.79 Å². The lowest BCUT2D eigenvalue weighted by atomic mass is 10.0. The maximum absolute atomic E-state index is 13.3. The van der Waals surface area contributed by atoms with Crippen LogP contribution >= 0.6 is 0 Å². The van der Waals surface area contributed by atoms with Crippen molar-refractivity contribution in [1.82, 2.24) is 15.5 Å². The molecule has 0 bridgehead atoms. The van der Waals surface area contributed by atoms with Gasteiger partial charge in [-0.05, 0) is 56.5 Å². The number of carbonyl (C=O) groups is 3. The highest BCUT2D eigenvalue weighted by atomic mass is 16.6. The number of carbonyl (C=O) groups excluding carboxylic acids is 3. The largest absolute Gasteiger partial charge is 0.508 e. The lowest BCUT2D eigenvalue weighted by molar-refractivity contribution is -0.140. The van der Waals surface area contributed by atoms with Crippen LogP contribution in [0.25, 0.3) is 0 Å². The van der Waals surface area contributed by atoms with Gasteiger partial charge in [0.2, 0.25) is 11.8 Å². The third-order valence-electron chi connectivity index (χ3n) is 4.85. The van der Waals surface area contributed by atoms with Crippen molar-refractivity contribution in [2.24, 2.45) is 0 Å². The Kier molecular flexibility index (Phi) is 9.44. The maximum atomic E-state index is 13.3. The van der Waals surface area contributed by atoms with Gasteiger partial charge in [0.05, 0.1) is 6.61 Å². The van der Waals surface area contributed by atoms with Crippen LogP contribution in [-0.2, 0) is 20.9 Å². The van der Waals surface area contributed by atoms with Gasteiger partial charge >= 0.3 is 6.09 Å². The number of phenols is 1. The van der Waals surface area contributed by atoms with Crippen LogP contribution < -0.4 is 10.6 Å². The van der Waals surface area contributed by atoms with Crippen LogP contribution in [0.5, 0.6) is 5.75 Å². The predicted octanol–water partition coefficient (Wildman–Crippen LogP) is 2.40. The number of aliphatic hydroxyl groups is 1. The molecule has 4 N–H and O–H groups in total. The fraction of sp³-hybridized carbons (Fsp3) is 0.400. The lowest BCUT2D eigenvalue weighted by Crippen LogP contribution is -2.48. The van der Waals surface area contributed by atoms with Crippen LogP contribution in [0.4, 0.5) is 4.79 Å². The molecule has 0 aliphatic heterocycles. The summed E-state index contributed by atoms with van der Waals surface area (Å²) >= 11 is 0. The fourth-order valence-electron chi connectivity index (χ4n) is 3.27. The smallest absolute Gasteiger partial charge is 0.408 e. The topological polar surface area (TPSA) is 128 Å². The Morgan fingerprint density at radius 3 is 2.32 bits per heavy atom. The number of hydrogen-bond donors (Lipinski definition) is 4. The summed E-state index contributed by atoms with van der Waals surface area (Å²) in [5.74, 6) is -0.989. The van der Waals surface area contributed by atoms with Crippen molar-refractivity contribution in [1.29, 1.82) is 0 Å². The first-order valence-corrected chi connectivity index (χ1v) is 11.0. The first kappa shape index (κ1) is 26.7. The molecule has 0 aromatic heterocycles. The number of nitrogens with one attached hydrogen (secondary N) is 2. The number of amides is 3. The van der Waals surface area contributed by atoms with Gasteiger partial charge < -0.3 is 30.5 Å². The van der Waals surface area contributed by atoms with Gasteiger partial charge in [-0.15, -0.1) is 0 Å². The summed E-state index contributed by atoms with van der Waals surface area (Å²) in [6.07, 6.45) is -0.768. The van der Waals surface area contributed by atoms with E-state index in [1.165, 1.54) is 11.0 Å². The van der Waals surface area contributed by atoms with Crippen LogP contribution in [0.15, 0.2) is 48.5 Å². The zero-order valence-electron chi connectivity index (χ0n) is 20.0. The molecule has 2 aromatic rings. The number of rotatable bonds is 9. The summed E-state index contributed by atoms with van der Waals surface area (Å²) < 4.78 is 5.16. The summed E-state index contributed by atoms with van der Waals surface area (Å²) in [6.45, 7) is 6.07. The second-order valence-corrected chi connectivity index (χ2v) is 8.82. The highest BCUT2D eigenvalue weighted by Crippen LogP contribution is 2.26. The summed E-state index contributed by atoms with van der Waals surface area (Å²) in [5.41, 5.74) is 1.13. The highest BCUT2D eigenvalue weighted by Gasteiger charge is 2.32. The molecule has 2 rings (SSSR count). The van der Waals surface area contributed by atoms with Crippen molar-refractivity contribution in [2.75, 3.05) is 19.7 Å². The average molecular weight is 472 g/mol. The quantitative estimate of drug-likeness (QED) is 0.445. The predicted molar refractivity (Wildman–Crippen MR) is 127 cm³/mol. The van der Waals surface area contributed by atoms with Crippen LogP contribution in [-0.4, -0.2) is 58.3 Å². The number of aliphatic hydroxyl groups excluding tert-OH is 1. The van der Waals surface area contributed by atoms with Crippen molar-refractivity contribution in [3.8, 4) is 5.75 Å². The zero-order valence-corrected chi connectivity index (χ0v) is 20.0. The Balaban J connectivity index is 2.28. The Labute approximate surface area is 199 Å². The molecule has 0 fully saturated rings. The van der Waals surface area contributed by atoms with E-state index in [2.05, 4.69) is 10.6 Å². The van der Waals surface area contributed by atoms with Crippen molar-refractivity contribution < 1.29 is 29.3 Å². The van der Waals surface area contributed by atoms with Crippen molar-refractivity contribution >= 4 is 17.9 Å². The molecular formula is C25H33N3O6. The molecule has 34 heavy (non-hydrogen) atoms. The fourth-order valence-corrected chi connectivity index (χ4v) is 3.27. The minimum atomic E-state index is -1.09. The molecule has 0 aliphatic carbocycles. The summed E-state index contributed by atoms with van der Waals surface area (Å²) in [4.78, 5) is 39.6. The molecule has 0 heterocycles. The number of phenolic OH excluding ortho intramolecular Hbond substituents is 1. The Morgan fingerprint density at radius 1 is 1.06 bits per heavy atom. The van der Waals surface area contributed by atoms with Gasteiger partial charge in [-0.3, -0.25) is 9.59 Å². The Morgan fingerprint density at radius 2 is 1.74 bits per heavy atom.